The van der Waals surface area contributed by atoms with Crippen LogP contribution in [-0.4, -0.2) is 28.0 Å². The quantitative estimate of drug-likeness (QED) is 0.755. The highest BCUT2D eigenvalue weighted by Gasteiger charge is 2.22. The molecular formula is C18H15ClN2O3. The average Bonchev–Trinajstić information content (AvgIpc) is 2.92. The molecule has 0 aliphatic rings. The Morgan fingerprint density at radius 3 is 2.50 bits per heavy atom. The van der Waals surface area contributed by atoms with E-state index in [1.807, 2.05) is 30.3 Å². The Balaban J connectivity index is 2.25. The van der Waals surface area contributed by atoms with E-state index in [0.29, 0.717) is 22.0 Å². The molecule has 0 saturated carbocycles. The van der Waals surface area contributed by atoms with E-state index in [-0.39, 0.29) is 12.3 Å². The van der Waals surface area contributed by atoms with Crippen LogP contribution >= 0.6 is 11.6 Å². The molecule has 0 spiro atoms. The number of halogens is 1. The van der Waals surface area contributed by atoms with Gasteiger partial charge < -0.3 is 9.84 Å². The maximum absolute atomic E-state index is 11.5. The number of ether oxygens (including phenoxy) is 1. The van der Waals surface area contributed by atoms with Crippen molar-refractivity contribution < 1.29 is 14.6 Å². The molecule has 5 nitrogen and oxygen atoms in total. The van der Waals surface area contributed by atoms with Crippen LogP contribution in [-0.2, 0) is 11.5 Å². The monoisotopic (exact) mass is 342 g/mol. The highest BCUT2D eigenvalue weighted by atomic mass is 35.5. The maximum Gasteiger partial charge on any atom is 0.336 e. The summed E-state index contributed by atoms with van der Waals surface area (Å²) in [5, 5.41) is 14.4. The van der Waals surface area contributed by atoms with Crippen LogP contribution in [0.5, 0.6) is 0 Å². The number of rotatable bonds is 5. The van der Waals surface area contributed by atoms with E-state index >= 15 is 0 Å². The number of aromatic carboxylic acids is 1. The lowest BCUT2D eigenvalue weighted by atomic mass is 10.0. The first-order valence-electron chi connectivity index (χ1n) is 7.27. The number of hydrogen-bond acceptors (Lipinski definition) is 3. The van der Waals surface area contributed by atoms with Crippen molar-refractivity contribution in [3.8, 4) is 22.5 Å². The molecule has 3 aromatic rings. The molecule has 0 radical (unpaired) electrons. The number of carboxylic acid groups (broad SMARTS) is 1. The largest absolute Gasteiger partial charge is 0.478 e. The van der Waals surface area contributed by atoms with Crippen molar-refractivity contribution in [3.05, 3.63) is 65.2 Å². The molecule has 0 unspecified atom stereocenters. The smallest absolute Gasteiger partial charge is 0.336 e. The minimum absolute atomic E-state index is 0.163. The first-order valence-corrected chi connectivity index (χ1v) is 7.64. The second-order valence-electron chi connectivity index (χ2n) is 5.15. The van der Waals surface area contributed by atoms with Crippen molar-refractivity contribution in [2.75, 3.05) is 7.11 Å². The Morgan fingerprint density at radius 1 is 1.17 bits per heavy atom. The molecular weight excluding hydrogens is 328 g/mol. The fourth-order valence-electron chi connectivity index (χ4n) is 2.57. The number of carboxylic acids is 1. The average molecular weight is 343 g/mol. The summed E-state index contributed by atoms with van der Waals surface area (Å²) in [5.41, 5.74) is 2.63. The highest BCUT2D eigenvalue weighted by Crippen LogP contribution is 2.37. The summed E-state index contributed by atoms with van der Waals surface area (Å²) in [6.07, 6.45) is 0. The number of carbonyl (C=O) groups is 1. The van der Waals surface area contributed by atoms with Gasteiger partial charge >= 0.3 is 5.97 Å². The molecule has 1 heterocycles. The van der Waals surface area contributed by atoms with Gasteiger partial charge in [-0.1, -0.05) is 60.1 Å². The van der Waals surface area contributed by atoms with Gasteiger partial charge in [0.05, 0.1) is 16.3 Å². The molecule has 1 aromatic heterocycles. The predicted molar refractivity (Wildman–Crippen MR) is 92.1 cm³/mol. The number of hydrogen-bond donors (Lipinski definition) is 1. The Bertz CT molecular complexity index is 875. The minimum Gasteiger partial charge on any atom is -0.478 e. The SMILES string of the molecule is COCn1nc(-c2ccccc2)c(Cl)c1-c1ccccc1C(=O)O. The lowest BCUT2D eigenvalue weighted by molar-refractivity contribution is 0.0697. The van der Waals surface area contributed by atoms with Crippen molar-refractivity contribution >= 4 is 17.6 Å². The van der Waals surface area contributed by atoms with Crippen LogP contribution in [0.1, 0.15) is 10.4 Å². The number of nitrogens with zero attached hydrogens (tertiary/aromatic N) is 2. The Morgan fingerprint density at radius 2 is 1.83 bits per heavy atom. The topological polar surface area (TPSA) is 64.4 Å². The molecule has 0 aliphatic heterocycles. The summed E-state index contributed by atoms with van der Waals surface area (Å²) in [5.74, 6) is -1.02. The summed E-state index contributed by atoms with van der Waals surface area (Å²) in [4.78, 5) is 11.5. The van der Waals surface area contributed by atoms with Crippen LogP contribution in [0.15, 0.2) is 54.6 Å². The van der Waals surface area contributed by atoms with E-state index in [2.05, 4.69) is 5.10 Å². The van der Waals surface area contributed by atoms with E-state index in [1.165, 1.54) is 0 Å². The van der Waals surface area contributed by atoms with Gasteiger partial charge in [0, 0.05) is 18.2 Å². The van der Waals surface area contributed by atoms with Crippen molar-refractivity contribution in [2.45, 2.75) is 6.73 Å². The summed E-state index contributed by atoms with van der Waals surface area (Å²) >= 11 is 6.58. The third kappa shape index (κ3) is 2.91. The van der Waals surface area contributed by atoms with E-state index in [1.54, 1.807) is 36.1 Å². The van der Waals surface area contributed by atoms with Gasteiger partial charge in [-0.15, -0.1) is 0 Å². The number of aromatic nitrogens is 2. The molecule has 24 heavy (non-hydrogen) atoms. The van der Waals surface area contributed by atoms with Crippen LogP contribution in [0.2, 0.25) is 5.02 Å². The van der Waals surface area contributed by atoms with E-state index in [4.69, 9.17) is 16.3 Å². The van der Waals surface area contributed by atoms with E-state index in [0.717, 1.165) is 5.56 Å². The van der Waals surface area contributed by atoms with Gasteiger partial charge in [-0.3, -0.25) is 0 Å². The second kappa shape index (κ2) is 6.86. The standard InChI is InChI=1S/C18H15ClN2O3/c1-24-11-21-17(13-9-5-6-10-14(13)18(22)23)15(19)16(20-21)12-7-3-2-4-8-12/h2-10H,11H2,1H3,(H,22,23). The Hall–Kier alpha value is -2.63. The third-order valence-electron chi connectivity index (χ3n) is 3.61. The molecule has 6 heteroatoms. The Labute approximate surface area is 144 Å². The summed E-state index contributed by atoms with van der Waals surface area (Å²) in [6.45, 7) is 0.163. The van der Waals surface area contributed by atoms with Gasteiger partial charge in [0.15, 0.2) is 0 Å². The minimum atomic E-state index is -1.02. The van der Waals surface area contributed by atoms with Crippen LogP contribution in [0, 0.1) is 0 Å². The normalized spacial score (nSPS) is 10.8. The molecule has 0 atom stereocenters. The zero-order valence-electron chi connectivity index (χ0n) is 12.9. The molecule has 0 saturated heterocycles. The zero-order valence-corrected chi connectivity index (χ0v) is 13.7. The summed E-state index contributed by atoms with van der Waals surface area (Å²) < 4.78 is 6.76. The van der Waals surface area contributed by atoms with Crippen LogP contribution < -0.4 is 0 Å². The summed E-state index contributed by atoms with van der Waals surface area (Å²) in [6, 6.07) is 16.2. The van der Waals surface area contributed by atoms with Crippen molar-refractivity contribution in [3.63, 3.8) is 0 Å². The molecule has 3 rings (SSSR count). The van der Waals surface area contributed by atoms with Gasteiger partial charge in [0.2, 0.25) is 0 Å². The van der Waals surface area contributed by atoms with Gasteiger partial charge in [0.25, 0.3) is 0 Å². The van der Waals surface area contributed by atoms with Crippen LogP contribution in [0.25, 0.3) is 22.5 Å². The first kappa shape index (κ1) is 16.2. The lowest BCUT2D eigenvalue weighted by Gasteiger charge is -2.09. The third-order valence-corrected chi connectivity index (χ3v) is 3.96. The molecule has 122 valence electrons. The maximum atomic E-state index is 11.5. The van der Waals surface area contributed by atoms with Crippen LogP contribution in [0.4, 0.5) is 0 Å². The molecule has 1 N–H and O–H groups in total. The fourth-order valence-corrected chi connectivity index (χ4v) is 2.92. The lowest BCUT2D eigenvalue weighted by Crippen LogP contribution is -2.07. The van der Waals surface area contributed by atoms with Crippen molar-refractivity contribution in [1.29, 1.82) is 0 Å². The van der Waals surface area contributed by atoms with Crippen LogP contribution in [0.3, 0.4) is 0 Å². The van der Waals surface area contributed by atoms with E-state index < -0.39 is 5.97 Å². The van der Waals surface area contributed by atoms with Gasteiger partial charge in [-0.25, -0.2) is 9.48 Å². The molecule has 0 fully saturated rings. The number of methoxy groups -OCH3 is 1. The fraction of sp³-hybridized carbons (Fsp3) is 0.111. The number of benzene rings is 2. The molecule has 0 amide bonds. The van der Waals surface area contributed by atoms with Crippen molar-refractivity contribution in [2.24, 2.45) is 0 Å². The van der Waals surface area contributed by atoms with Gasteiger partial charge in [0.1, 0.15) is 12.4 Å². The highest BCUT2D eigenvalue weighted by molar-refractivity contribution is 6.35. The van der Waals surface area contributed by atoms with Gasteiger partial charge in [-0.2, -0.15) is 5.10 Å². The zero-order chi connectivity index (χ0) is 17.1. The van der Waals surface area contributed by atoms with E-state index in [9.17, 15) is 9.90 Å². The Kier molecular flexibility index (Phi) is 4.64. The molecule has 2 aromatic carbocycles. The molecule has 0 aliphatic carbocycles. The first-order chi connectivity index (χ1) is 11.6. The predicted octanol–water partition coefficient (Wildman–Crippen LogP) is 4.17. The summed E-state index contributed by atoms with van der Waals surface area (Å²) in [7, 11) is 1.55. The van der Waals surface area contributed by atoms with Gasteiger partial charge in [-0.05, 0) is 6.07 Å². The second-order valence-corrected chi connectivity index (χ2v) is 5.52. The van der Waals surface area contributed by atoms with Crippen molar-refractivity contribution in [1.82, 2.24) is 9.78 Å². The molecule has 0 bridgehead atoms.